The number of halogens is 1. The maximum absolute atomic E-state index is 12.5. The lowest BCUT2D eigenvalue weighted by molar-refractivity contribution is 0.0693. The van der Waals surface area contributed by atoms with E-state index in [0.29, 0.717) is 6.04 Å². The smallest absolute Gasteiger partial charge is 0.254 e. The molecule has 0 N–H and O–H groups in total. The Morgan fingerprint density at radius 2 is 2.06 bits per heavy atom. The molecule has 0 saturated heterocycles. The molecule has 0 aromatic heterocycles. The molecule has 18 heavy (non-hydrogen) atoms. The van der Waals surface area contributed by atoms with Crippen LogP contribution in [0, 0.1) is 6.92 Å². The highest BCUT2D eigenvalue weighted by atomic mass is 79.9. The lowest BCUT2D eigenvalue weighted by atomic mass is 10.1. The Balaban J connectivity index is 2.19. The molecular weight excluding hydrogens is 290 g/mol. The molecule has 1 amide bonds. The van der Waals surface area contributed by atoms with E-state index in [1.165, 1.54) is 12.8 Å². The SMILES string of the molecule is CCN(C(=O)c1ccc(C)c(Br)c1)C1CCCC1. The van der Waals surface area contributed by atoms with Crippen molar-refractivity contribution in [2.45, 2.75) is 45.6 Å². The zero-order valence-electron chi connectivity index (χ0n) is 11.1. The zero-order chi connectivity index (χ0) is 13.1. The summed E-state index contributed by atoms with van der Waals surface area (Å²) in [5, 5.41) is 0. The molecule has 2 nitrogen and oxygen atoms in total. The number of carbonyl (C=O) groups excluding carboxylic acids is 1. The van der Waals surface area contributed by atoms with Gasteiger partial charge in [0, 0.05) is 22.6 Å². The molecule has 0 unspecified atom stereocenters. The molecular formula is C15H20BrNO. The van der Waals surface area contributed by atoms with E-state index in [0.717, 1.165) is 35.0 Å². The van der Waals surface area contributed by atoms with E-state index in [4.69, 9.17) is 0 Å². The maximum Gasteiger partial charge on any atom is 0.254 e. The summed E-state index contributed by atoms with van der Waals surface area (Å²) in [7, 11) is 0. The lowest BCUT2D eigenvalue weighted by Crippen LogP contribution is -2.38. The molecule has 3 heteroatoms. The molecule has 2 rings (SSSR count). The fourth-order valence-electron chi connectivity index (χ4n) is 2.68. The standard InChI is InChI=1S/C15H20BrNO/c1-3-17(13-6-4-5-7-13)15(18)12-9-8-11(2)14(16)10-12/h8-10,13H,3-7H2,1-2H3. The van der Waals surface area contributed by atoms with Crippen LogP contribution in [0.4, 0.5) is 0 Å². The van der Waals surface area contributed by atoms with Crippen LogP contribution in [0.5, 0.6) is 0 Å². The molecule has 1 aliphatic carbocycles. The van der Waals surface area contributed by atoms with Crippen molar-refractivity contribution in [1.29, 1.82) is 0 Å². The van der Waals surface area contributed by atoms with E-state index in [1.807, 2.05) is 30.0 Å². The average Bonchev–Trinajstić information content (AvgIpc) is 2.87. The number of benzene rings is 1. The highest BCUT2D eigenvalue weighted by molar-refractivity contribution is 9.10. The number of rotatable bonds is 3. The van der Waals surface area contributed by atoms with Crippen molar-refractivity contribution < 1.29 is 4.79 Å². The van der Waals surface area contributed by atoms with E-state index < -0.39 is 0 Å². The topological polar surface area (TPSA) is 20.3 Å². The molecule has 0 atom stereocenters. The predicted molar refractivity (Wildman–Crippen MR) is 77.8 cm³/mol. The van der Waals surface area contributed by atoms with Crippen LogP contribution in [0.25, 0.3) is 0 Å². The second-order valence-corrected chi connectivity index (χ2v) is 5.85. The largest absolute Gasteiger partial charge is 0.336 e. The van der Waals surface area contributed by atoms with Crippen LogP contribution in [0.1, 0.15) is 48.5 Å². The number of hydrogen-bond donors (Lipinski definition) is 0. The van der Waals surface area contributed by atoms with Crippen LogP contribution in [-0.4, -0.2) is 23.4 Å². The number of carbonyl (C=O) groups is 1. The third-order valence-corrected chi connectivity index (χ3v) is 4.64. The van der Waals surface area contributed by atoms with Gasteiger partial charge in [0.1, 0.15) is 0 Å². The van der Waals surface area contributed by atoms with Gasteiger partial charge in [0.05, 0.1) is 0 Å². The van der Waals surface area contributed by atoms with Crippen LogP contribution in [0.3, 0.4) is 0 Å². The number of aryl methyl sites for hydroxylation is 1. The fraction of sp³-hybridized carbons (Fsp3) is 0.533. The first-order valence-electron chi connectivity index (χ1n) is 6.70. The number of hydrogen-bond acceptors (Lipinski definition) is 1. The van der Waals surface area contributed by atoms with Crippen LogP contribution < -0.4 is 0 Å². The molecule has 1 fully saturated rings. The van der Waals surface area contributed by atoms with Gasteiger partial charge in [0.2, 0.25) is 0 Å². The molecule has 1 saturated carbocycles. The fourth-order valence-corrected chi connectivity index (χ4v) is 3.05. The normalized spacial score (nSPS) is 15.9. The van der Waals surface area contributed by atoms with Crippen molar-refractivity contribution in [1.82, 2.24) is 4.90 Å². The molecule has 98 valence electrons. The van der Waals surface area contributed by atoms with Crippen LogP contribution in [0.2, 0.25) is 0 Å². The second-order valence-electron chi connectivity index (χ2n) is 4.99. The van der Waals surface area contributed by atoms with Gasteiger partial charge in [-0.15, -0.1) is 0 Å². The van der Waals surface area contributed by atoms with Crippen molar-refractivity contribution >= 4 is 21.8 Å². The molecule has 1 aromatic carbocycles. The molecule has 1 aromatic rings. The van der Waals surface area contributed by atoms with Crippen LogP contribution in [0.15, 0.2) is 22.7 Å². The first-order valence-corrected chi connectivity index (χ1v) is 7.50. The highest BCUT2D eigenvalue weighted by Gasteiger charge is 2.26. The Morgan fingerprint density at radius 1 is 1.39 bits per heavy atom. The van der Waals surface area contributed by atoms with Gasteiger partial charge in [-0.3, -0.25) is 4.79 Å². The van der Waals surface area contributed by atoms with Gasteiger partial charge in [-0.05, 0) is 44.4 Å². The Bertz CT molecular complexity index is 438. The van der Waals surface area contributed by atoms with Gasteiger partial charge in [-0.1, -0.05) is 34.8 Å². The summed E-state index contributed by atoms with van der Waals surface area (Å²) in [6, 6.07) is 6.32. The van der Waals surface area contributed by atoms with Crippen LogP contribution >= 0.6 is 15.9 Å². The summed E-state index contributed by atoms with van der Waals surface area (Å²) in [6.07, 6.45) is 4.83. The molecule has 0 aliphatic heterocycles. The second kappa shape index (κ2) is 5.87. The third-order valence-electron chi connectivity index (χ3n) is 3.79. The molecule has 1 aliphatic rings. The Morgan fingerprint density at radius 3 is 2.61 bits per heavy atom. The Hall–Kier alpha value is -0.830. The minimum Gasteiger partial charge on any atom is -0.336 e. The quantitative estimate of drug-likeness (QED) is 0.821. The van der Waals surface area contributed by atoms with Crippen molar-refractivity contribution in [2.75, 3.05) is 6.54 Å². The van der Waals surface area contributed by atoms with Gasteiger partial charge in [-0.25, -0.2) is 0 Å². The summed E-state index contributed by atoms with van der Waals surface area (Å²) < 4.78 is 1.01. The van der Waals surface area contributed by atoms with Gasteiger partial charge in [0.15, 0.2) is 0 Å². The molecule has 0 radical (unpaired) electrons. The van der Waals surface area contributed by atoms with Crippen molar-refractivity contribution in [3.8, 4) is 0 Å². The summed E-state index contributed by atoms with van der Waals surface area (Å²) in [5.41, 5.74) is 1.96. The van der Waals surface area contributed by atoms with Gasteiger partial charge < -0.3 is 4.90 Å². The first-order chi connectivity index (χ1) is 8.63. The average molecular weight is 310 g/mol. The van der Waals surface area contributed by atoms with E-state index in [2.05, 4.69) is 22.9 Å². The molecule has 0 spiro atoms. The van der Waals surface area contributed by atoms with E-state index in [9.17, 15) is 4.79 Å². The van der Waals surface area contributed by atoms with Gasteiger partial charge in [-0.2, -0.15) is 0 Å². The van der Waals surface area contributed by atoms with Crippen LogP contribution in [-0.2, 0) is 0 Å². The Kier molecular flexibility index (Phi) is 4.44. The summed E-state index contributed by atoms with van der Waals surface area (Å²) in [6.45, 7) is 4.90. The molecule has 0 bridgehead atoms. The first kappa shape index (κ1) is 13.6. The van der Waals surface area contributed by atoms with E-state index in [1.54, 1.807) is 0 Å². The summed E-state index contributed by atoms with van der Waals surface area (Å²) in [5.74, 6) is 0.171. The van der Waals surface area contributed by atoms with Crippen molar-refractivity contribution in [3.05, 3.63) is 33.8 Å². The lowest BCUT2D eigenvalue weighted by Gasteiger charge is -2.27. The third kappa shape index (κ3) is 2.77. The Labute approximate surface area is 117 Å². The van der Waals surface area contributed by atoms with Crippen molar-refractivity contribution in [2.24, 2.45) is 0 Å². The maximum atomic E-state index is 12.5. The number of amides is 1. The zero-order valence-corrected chi connectivity index (χ0v) is 12.7. The molecule has 0 heterocycles. The summed E-state index contributed by atoms with van der Waals surface area (Å²) >= 11 is 3.50. The van der Waals surface area contributed by atoms with Crippen molar-refractivity contribution in [3.63, 3.8) is 0 Å². The number of nitrogens with zero attached hydrogens (tertiary/aromatic N) is 1. The minimum atomic E-state index is 0.171. The van der Waals surface area contributed by atoms with E-state index >= 15 is 0 Å². The minimum absolute atomic E-state index is 0.171. The predicted octanol–water partition coefficient (Wildman–Crippen LogP) is 4.16. The summed E-state index contributed by atoms with van der Waals surface area (Å²) in [4.78, 5) is 14.6. The van der Waals surface area contributed by atoms with Gasteiger partial charge >= 0.3 is 0 Å². The van der Waals surface area contributed by atoms with E-state index in [-0.39, 0.29) is 5.91 Å². The van der Waals surface area contributed by atoms with Gasteiger partial charge in [0.25, 0.3) is 5.91 Å². The highest BCUT2D eigenvalue weighted by Crippen LogP contribution is 2.26. The monoisotopic (exact) mass is 309 g/mol.